The van der Waals surface area contributed by atoms with Crippen molar-refractivity contribution in [2.24, 2.45) is 0 Å². The van der Waals surface area contributed by atoms with E-state index in [-0.39, 0.29) is 24.9 Å². The van der Waals surface area contributed by atoms with Crippen LogP contribution < -0.4 is 20.1 Å². The predicted molar refractivity (Wildman–Crippen MR) is 116 cm³/mol. The molecule has 2 rings (SSSR count). The Morgan fingerprint density at radius 2 is 1.69 bits per heavy atom. The van der Waals surface area contributed by atoms with Crippen LogP contribution in [0.5, 0.6) is 11.5 Å². The summed E-state index contributed by atoms with van der Waals surface area (Å²) in [6.07, 6.45) is 1.96. The van der Waals surface area contributed by atoms with E-state index in [0.717, 1.165) is 16.1 Å². The van der Waals surface area contributed by atoms with Crippen molar-refractivity contribution in [2.45, 2.75) is 11.4 Å². The highest BCUT2D eigenvalue weighted by atomic mass is 32.2. The molecule has 0 heterocycles. The zero-order valence-electron chi connectivity index (χ0n) is 17.2. The van der Waals surface area contributed by atoms with Gasteiger partial charge >= 0.3 is 0 Å². The Morgan fingerprint density at radius 3 is 2.38 bits per heavy atom. The maximum Gasteiger partial charge on any atom is 0.238 e. The molecule has 0 radical (unpaired) electrons. The summed E-state index contributed by atoms with van der Waals surface area (Å²) in [5, 5.41) is 5.74. The number of methoxy groups -OCH3 is 2. The normalized spacial score (nSPS) is 10.5. The quantitative estimate of drug-likeness (QED) is 0.579. The number of anilines is 1. The zero-order valence-corrected chi connectivity index (χ0v) is 18.0. The Hall–Kier alpha value is -2.71. The lowest BCUT2D eigenvalue weighted by Crippen LogP contribution is -2.38. The van der Waals surface area contributed by atoms with Gasteiger partial charge in [-0.1, -0.05) is 18.2 Å². The summed E-state index contributed by atoms with van der Waals surface area (Å²) in [6.45, 7) is 0.595. The van der Waals surface area contributed by atoms with Gasteiger partial charge in [0.05, 0.1) is 33.0 Å². The molecule has 29 heavy (non-hydrogen) atoms. The first-order chi connectivity index (χ1) is 14.0. The molecule has 2 N–H and O–H groups in total. The van der Waals surface area contributed by atoms with Crippen LogP contribution in [0.3, 0.4) is 0 Å². The molecule has 156 valence electrons. The van der Waals surface area contributed by atoms with Crippen molar-refractivity contribution in [1.29, 1.82) is 0 Å². The van der Waals surface area contributed by atoms with Crippen molar-refractivity contribution in [3.05, 3.63) is 48.0 Å². The molecule has 0 saturated carbocycles. The van der Waals surface area contributed by atoms with Crippen molar-refractivity contribution in [1.82, 2.24) is 10.2 Å². The Balaban J connectivity index is 1.80. The van der Waals surface area contributed by atoms with Crippen molar-refractivity contribution >= 4 is 29.3 Å². The number of ether oxygens (including phenoxy) is 2. The number of carbonyl (C=O) groups is 2. The molecular weight excluding hydrogens is 390 g/mol. The Bertz CT molecular complexity index is 844. The number of hydrogen-bond donors (Lipinski definition) is 2. The fourth-order valence-corrected chi connectivity index (χ4v) is 3.28. The molecule has 0 aromatic heterocycles. The SMILES string of the molecule is COc1ccc(CNC(=O)CN(C)CC(=O)Nc2ccccc2SC)cc1OC. The number of rotatable bonds is 10. The van der Waals surface area contributed by atoms with E-state index >= 15 is 0 Å². The number of nitrogens with one attached hydrogen (secondary N) is 2. The molecule has 0 saturated heterocycles. The lowest BCUT2D eigenvalue weighted by molar-refractivity contribution is -0.123. The van der Waals surface area contributed by atoms with Gasteiger partial charge in [0.25, 0.3) is 0 Å². The third-order valence-corrected chi connectivity index (χ3v) is 4.94. The van der Waals surface area contributed by atoms with Gasteiger partial charge in [0, 0.05) is 11.4 Å². The van der Waals surface area contributed by atoms with Crippen LogP contribution >= 0.6 is 11.8 Å². The van der Waals surface area contributed by atoms with Crippen LogP contribution in [0, 0.1) is 0 Å². The van der Waals surface area contributed by atoms with Gasteiger partial charge in [-0.2, -0.15) is 0 Å². The standard InChI is InChI=1S/C21H27N3O4S/c1-24(14-21(26)23-16-7-5-6-8-19(16)29-4)13-20(25)22-12-15-9-10-17(27-2)18(11-15)28-3/h5-11H,12-14H2,1-4H3,(H,22,25)(H,23,26). The third kappa shape index (κ3) is 6.99. The van der Waals surface area contributed by atoms with Gasteiger partial charge in [0.1, 0.15) is 0 Å². The average Bonchev–Trinajstić information content (AvgIpc) is 2.72. The first kappa shape index (κ1) is 22.6. The van der Waals surface area contributed by atoms with Crippen molar-refractivity contribution in [2.75, 3.05) is 45.9 Å². The lowest BCUT2D eigenvalue weighted by atomic mass is 10.2. The van der Waals surface area contributed by atoms with Gasteiger partial charge in [0.15, 0.2) is 11.5 Å². The molecule has 0 bridgehead atoms. The third-order valence-electron chi connectivity index (χ3n) is 4.15. The van der Waals surface area contributed by atoms with Crippen LogP contribution in [0.2, 0.25) is 0 Å². The molecule has 2 amide bonds. The van der Waals surface area contributed by atoms with Gasteiger partial charge in [-0.25, -0.2) is 0 Å². The second-order valence-corrected chi connectivity index (χ2v) is 7.23. The van der Waals surface area contributed by atoms with Crippen LogP contribution in [0.15, 0.2) is 47.4 Å². The van der Waals surface area contributed by atoms with Crippen molar-refractivity contribution < 1.29 is 19.1 Å². The molecule has 0 atom stereocenters. The number of nitrogens with zero attached hydrogens (tertiary/aromatic N) is 1. The van der Waals surface area contributed by atoms with Crippen LogP contribution in [-0.2, 0) is 16.1 Å². The summed E-state index contributed by atoms with van der Waals surface area (Å²) < 4.78 is 10.5. The zero-order chi connectivity index (χ0) is 21.2. The number of carbonyl (C=O) groups excluding carboxylic acids is 2. The molecule has 0 aliphatic rings. The fourth-order valence-electron chi connectivity index (χ4n) is 2.73. The van der Waals surface area contributed by atoms with Gasteiger partial charge < -0.3 is 20.1 Å². The Morgan fingerprint density at radius 1 is 1.00 bits per heavy atom. The molecule has 0 spiro atoms. The number of hydrogen-bond acceptors (Lipinski definition) is 6. The number of benzene rings is 2. The molecule has 2 aromatic rings. The first-order valence-corrected chi connectivity index (χ1v) is 10.3. The molecular formula is C21H27N3O4S. The summed E-state index contributed by atoms with van der Waals surface area (Å²) in [6, 6.07) is 13.1. The highest BCUT2D eigenvalue weighted by molar-refractivity contribution is 7.98. The molecule has 0 fully saturated rings. The fraction of sp³-hybridized carbons (Fsp3) is 0.333. The summed E-state index contributed by atoms with van der Waals surface area (Å²) >= 11 is 1.57. The first-order valence-electron chi connectivity index (χ1n) is 9.05. The van der Waals surface area contributed by atoms with Crippen molar-refractivity contribution in [3.8, 4) is 11.5 Å². The Kier molecular flexibility index (Phi) is 8.82. The summed E-state index contributed by atoms with van der Waals surface area (Å²) in [5.74, 6) is 0.913. The maximum absolute atomic E-state index is 12.3. The van der Waals surface area contributed by atoms with Gasteiger partial charge in [-0.05, 0) is 43.1 Å². The van der Waals surface area contributed by atoms with E-state index in [1.165, 1.54) is 0 Å². The number of amides is 2. The minimum atomic E-state index is -0.167. The highest BCUT2D eigenvalue weighted by Gasteiger charge is 2.12. The second-order valence-electron chi connectivity index (χ2n) is 6.39. The van der Waals surface area contributed by atoms with Crippen LogP contribution in [-0.4, -0.2) is 57.3 Å². The van der Waals surface area contributed by atoms with E-state index in [4.69, 9.17) is 9.47 Å². The van der Waals surface area contributed by atoms with Crippen LogP contribution in [0.25, 0.3) is 0 Å². The van der Waals surface area contributed by atoms with E-state index < -0.39 is 0 Å². The molecule has 0 unspecified atom stereocenters. The van der Waals surface area contributed by atoms with Crippen LogP contribution in [0.4, 0.5) is 5.69 Å². The minimum Gasteiger partial charge on any atom is -0.493 e. The lowest BCUT2D eigenvalue weighted by Gasteiger charge is -2.17. The summed E-state index contributed by atoms with van der Waals surface area (Å²) in [7, 11) is 4.87. The number of thioether (sulfide) groups is 1. The molecule has 0 aliphatic heterocycles. The monoisotopic (exact) mass is 417 g/mol. The van der Waals surface area contributed by atoms with E-state index in [9.17, 15) is 9.59 Å². The topological polar surface area (TPSA) is 79.9 Å². The van der Waals surface area contributed by atoms with Crippen LogP contribution in [0.1, 0.15) is 5.56 Å². The van der Waals surface area contributed by atoms with Gasteiger partial charge in [-0.3, -0.25) is 14.5 Å². The summed E-state index contributed by atoms with van der Waals surface area (Å²) in [5.41, 5.74) is 1.67. The van der Waals surface area contributed by atoms with E-state index in [0.29, 0.717) is 18.0 Å². The highest BCUT2D eigenvalue weighted by Crippen LogP contribution is 2.27. The smallest absolute Gasteiger partial charge is 0.238 e. The molecule has 0 aliphatic carbocycles. The average molecular weight is 418 g/mol. The molecule has 2 aromatic carbocycles. The molecule has 8 heteroatoms. The maximum atomic E-state index is 12.3. The van der Waals surface area contributed by atoms with Crippen molar-refractivity contribution in [3.63, 3.8) is 0 Å². The predicted octanol–water partition coefficient (Wildman–Crippen LogP) is 2.61. The second kappa shape index (κ2) is 11.3. The molecule has 7 nitrogen and oxygen atoms in total. The van der Waals surface area contributed by atoms with Gasteiger partial charge in [0.2, 0.25) is 11.8 Å². The van der Waals surface area contributed by atoms with E-state index in [2.05, 4.69) is 10.6 Å². The number of likely N-dealkylation sites (N-methyl/N-ethyl adjacent to an activating group) is 1. The van der Waals surface area contributed by atoms with Gasteiger partial charge in [-0.15, -0.1) is 11.8 Å². The summed E-state index contributed by atoms with van der Waals surface area (Å²) in [4.78, 5) is 27.1. The van der Waals surface area contributed by atoms with E-state index in [1.807, 2.05) is 42.7 Å². The number of para-hydroxylation sites is 1. The Labute approximate surface area is 175 Å². The minimum absolute atomic E-state index is 0.116. The van der Waals surface area contributed by atoms with E-state index in [1.54, 1.807) is 44.0 Å². The largest absolute Gasteiger partial charge is 0.493 e.